The van der Waals surface area contributed by atoms with Crippen molar-refractivity contribution in [1.29, 1.82) is 0 Å². The number of pyridine rings is 1. The lowest BCUT2D eigenvalue weighted by molar-refractivity contribution is 0.290. The van der Waals surface area contributed by atoms with E-state index in [4.69, 9.17) is 10.5 Å². The van der Waals surface area contributed by atoms with Crippen LogP contribution in [0.1, 0.15) is 38.1 Å². The van der Waals surface area contributed by atoms with Crippen LogP contribution < -0.4 is 15.8 Å². The van der Waals surface area contributed by atoms with Crippen molar-refractivity contribution >= 4 is 11.5 Å². The molecule has 0 saturated heterocycles. The van der Waals surface area contributed by atoms with E-state index in [1.165, 1.54) is 12.8 Å². The van der Waals surface area contributed by atoms with Crippen molar-refractivity contribution in [1.82, 2.24) is 15.0 Å². The molecule has 1 fully saturated rings. The normalized spacial score (nSPS) is 15.7. The number of nitrogens with one attached hydrogen (secondary N) is 2. The van der Waals surface area contributed by atoms with Gasteiger partial charge in [-0.15, -0.1) is 0 Å². The lowest BCUT2D eigenvalue weighted by Gasteiger charge is -2.16. The molecule has 0 bridgehead atoms. The fourth-order valence-electron chi connectivity index (χ4n) is 2.14. The molecule has 4 N–H and O–H groups in total. The number of nitrogens with zero attached hydrogens (tertiary/aromatic N) is 2. The van der Waals surface area contributed by atoms with Crippen LogP contribution >= 0.6 is 0 Å². The van der Waals surface area contributed by atoms with E-state index in [0.717, 1.165) is 18.1 Å². The summed E-state index contributed by atoms with van der Waals surface area (Å²) in [5.41, 5.74) is 6.50. The Morgan fingerprint density at radius 1 is 1.48 bits per heavy atom. The van der Waals surface area contributed by atoms with Crippen LogP contribution in [0.3, 0.4) is 0 Å². The number of hydrogen-bond acceptors (Lipinski definition) is 5. The van der Waals surface area contributed by atoms with Gasteiger partial charge in [-0.25, -0.2) is 4.98 Å². The molecular weight excluding hydrogens is 266 g/mol. The number of hydrogen-bond donors (Lipinski definition) is 3. The molecule has 2 aromatic heterocycles. The molecule has 2 heterocycles. The van der Waals surface area contributed by atoms with Gasteiger partial charge in [0.05, 0.1) is 18.3 Å². The van der Waals surface area contributed by atoms with Crippen molar-refractivity contribution in [2.24, 2.45) is 5.92 Å². The van der Waals surface area contributed by atoms with Gasteiger partial charge in [-0.2, -0.15) is 4.98 Å². The zero-order valence-corrected chi connectivity index (χ0v) is 12.2. The van der Waals surface area contributed by atoms with Crippen molar-refractivity contribution in [3.8, 4) is 5.88 Å². The van der Waals surface area contributed by atoms with E-state index in [1.807, 2.05) is 18.3 Å². The maximum atomic E-state index is 5.92. The third kappa shape index (κ3) is 3.45. The first-order chi connectivity index (χ1) is 10.3. The molecule has 3 rings (SSSR count). The Kier molecular flexibility index (Phi) is 3.94. The first-order valence-electron chi connectivity index (χ1n) is 7.41. The second-order valence-corrected chi connectivity index (χ2v) is 5.42. The lowest BCUT2D eigenvalue weighted by atomic mass is 10.2. The highest BCUT2D eigenvalue weighted by Gasteiger charge is 2.22. The Labute approximate surface area is 124 Å². The summed E-state index contributed by atoms with van der Waals surface area (Å²) in [5, 5.41) is 3.36. The first kappa shape index (κ1) is 13.7. The molecule has 2 aromatic rings. The molecule has 112 valence electrons. The smallest absolute Gasteiger partial charge is 0.239 e. The zero-order chi connectivity index (χ0) is 14.7. The molecule has 1 unspecified atom stereocenters. The number of H-pyrrole nitrogens is 1. The number of nitrogen functional groups attached to an aromatic ring is 1. The van der Waals surface area contributed by atoms with E-state index in [1.54, 1.807) is 6.20 Å². The average molecular weight is 287 g/mol. The molecule has 6 heteroatoms. The minimum atomic E-state index is 0.0902. The number of aromatic amines is 1. The summed E-state index contributed by atoms with van der Waals surface area (Å²) in [5.74, 6) is 2.84. The van der Waals surface area contributed by atoms with Gasteiger partial charge in [-0.1, -0.05) is 6.92 Å². The summed E-state index contributed by atoms with van der Waals surface area (Å²) in [6, 6.07) is 3.78. The van der Waals surface area contributed by atoms with Gasteiger partial charge in [-0.05, 0) is 37.3 Å². The number of aromatic nitrogens is 3. The number of nitrogens with two attached hydrogens (primary N) is 1. The van der Waals surface area contributed by atoms with Gasteiger partial charge >= 0.3 is 0 Å². The minimum absolute atomic E-state index is 0.0902. The van der Waals surface area contributed by atoms with Crippen LogP contribution in [0.25, 0.3) is 0 Å². The molecular formula is C15H21N5O. The Bertz CT molecular complexity index is 580. The predicted octanol–water partition coefficient (Wildman–Crippen LogP) is 2.74. The lowest BCUT2D eigenvalue weighted by Crippen LogP contribution is -2.13. The van der Waals surface area contributed by atoms with Crippen LogP contribution in [-0.2, 0) is 0 Å². The number of ether oxygens (including phenoxy) is 1. The highest BCUT2D eigenvalue weighted by atomic mass is 16.5. The largest absolute Gasteiger partial charge is 0.476 e. The van der Waals surface area contributed by atoms with Crippen LogP contribution in [-0.4, -0.2) is 21.6 Å². The fourth-order valence-corrected chi connectivity index (χ4v) is 2.14. The van der Waals surface area contributed by atoms with Crippen LogP contribution in [0.5, 0.6) is 5.88 Å². The van der Waals surface area contributed by atoms with E-state index in [9.17, 15) is 0 Å². The minimum Gasteiger partial charge on any atom is -0.476 e. The van der Waals surface area contributed by atoms with Crippen LogP contribution in [0.2, 0.25) is 0 Å². The van der Waals surface area contributed by atoms with Crippen molar-refractivity contribution in [2.45, 2.75) is 32.2 Å². The van der Waals surface area contributed by atoms with Gasteiger partial charge < -0.3 is 20.8 Å². The second kappa shape index (κ2) is 6.03. The van der Waals surface area contributed by atoms with Gasteiger partial charge in [0.2, 0.25) is 5.88 Å². The molecule has 0 amide bonds. The van der Waals surface area contributed by atoms with Crippen molar-refractivity contribution < 1.29 is 4.74 Å². The standard InChI is InChI=1S/C15H21N5O/c1-2-12(14-17-7-8-18-14)19-13-6-5-11(16)15(20-13)21-9-10-3-4-10/h5-8,10,12H,2-4,9,16H2,1H3,(H,17,18)(H,19,20). The molecule has 0 aromatic carbocycles. The zero-order valence-electron chi connectivity index (χ0n) is 12.2. The third-order valence-electron chi connectivity index (χ3n) is 3.62. The van der Waals surface area contributed by atoms with Gasteiger partial charge in [0.1, 0.15) is 11.6 Å². The van der Waals surface area contributed by atoms with Crippen LogP contribution in [0, 0.1) is 5.92 Å². The summed E-state index contributed by atoms with van der Waals surface area (Å²) in [4.78, 5) is 11.9. The van der Waals surface area contributed by atoms with Gasteiger partial charge in [0, 0.05) is 12.4 Å². The van der Waals surface area contributed by atoms with Crippen molar-refractivity contribution in [3.05, 3.63) is 30.4 Å². The Morgan fingerprint density at radius 3 is 3.00 bits per heavy atom. The van der Waals surface area contributed by atoms with Gasteiger partial charge in [-0.3, -0.25) is 0 Å². The molecule has 0 spiro atoms. The summed E-state index contributed by atoms with van der Waals surface area (Å²) in [7, 11) is 0. The summed E-state index contributed by atoms with van der Waals surface area (Å²) in [6.07, 6.45) is 6.96. The van der Waals surface area contributed by atoms with E-state index in [-0.39, 0.29) is 6.04 Å². The van der Waals surface area contributed by atoms with Crippen molar-refractivity contribution in [2.75, 3.05) is 17.7 Å². The topological polar surface area (TPSA) is 88.8 Å². The second-order valence-electron chi connectivity index (χ2n) is 5.42. The predicted molar refractivity (Wildman–Crippen MR) is 82.1 cm³/mol. The van der Waals surface area contributed by atoms with Gasteiger partial charge in [0.25, 0.3) is 0 Å². The molecule has 1 saturated carbocycles. The Morgan fingerprint density at radius 2 is 2.33 bits per heavy atom. The maximum absolute atomic E-state index is 5.92. The van der Waals surface area contributed by atoms with Crippen LogP contribution in [0.4, 0.5) is 11.5 Å². The number of imidazole rings is 1. The van der Waals surface area contributed by atoms with E-state index in [0.29, 0.717) is 24.1 Å². The molecule has 1 aliphatic rings. The maximum Gasteiger partial charge on any atom is 0.239 e. The molecule has 6 nitrogen and oxygen atoms in total. The average Bonchev–Trinajstić information content (AvgIpc) is 3.17. The van der Waals surface area contributed by atoms with E-state index < -0.39 is 0 Å². The first-order valence-corrected chi connectivity index (χ1v) is 7.41. The molecule has 0 radical (unpaired) electrons. The van der Waals surface area contributed by atoms with Crippen LogP contribution in [0.15, 0.2) is 24.5 Å². The molecule has 0 aliphatic heterocycles. The highest BCUT2D eigenvalue weighted by Crippen LogP contribution is 2.31. The summed E-state index contributed by atoms with van der Waals surface area (Å²) in [6.45, 7) is 2.80. The van der Waals surface area contributed by atoms with Gasteiger partial charge in [0.15, 0.2) is 0 Å². The monoisotopic (exact) mass is 287 g/mol. The van der Waals surface area contributed by atoms with E-state index >= 15 is 0 Å². The Hall–Kier alpha value is -2.24. The molecule has 1 aliphatic carbocycles. The van der Waals surface area contributed by atoms with E-state index in [2.05, 4.69) is 27.2 Å². The molecule has 21 heavy (non-hydrogen) atoms. The summed E-state index contributed by atoms with van der Waals surface area (Å²) < 4.78 is 5.71. The Balaban J connectivity index is 1.70. The fraction of sp³-hybridized carbons (Fsp3) is 0.467. The SMILES string of the molecule is CCC(Nc1ccc(N)c(OCC2CC2)n1)c1ncc[nH]1. The number of rotatable bonds is 7. The quantitative estimate of drug-likeness (QED) is 0.728. The summed E-state index contributed by atoms with van der Waals surface area (Å²) >= 11 is 0. The molecule has 1 atom stereocenters. The van der Waals surface area contributed by atoms with Crippen molar-refractivity contribution in [3.63, 3.8) is 0 Å². The number of anilines is 2. The third-order valence-corrected chi connectivity index (χ3v) is 3.62. The highest BCUT2D eigenvalue weighted by molar-refractivity contribution is 5.54.